The maximum absolute atomic E-state index is 14.6. The molecule has 4 N–H and O–H groups in total. The molecule has 0 aliphatic carbocycles. The van der Waals surface area contributed by atoms with Crippen LogP contribution in [0.5, 0.6) is 17.4 Å². The van der Waals surface area contributed by atoms with Crippen LogP contribution in [0.2, 0.25) is 0 Å². The van der Waals surface area contributed by atoms with Crippen molar-refractivity contribution < 1.29 is 55.5 Å². The van der Waals surface area contributed by atoms with Gasteiger partial charge in [-0.1, -0.05) is 37.1 Å². The SMILES string of the molecule is Nc1nc(OCc2ccc(CNC(=O)COc3c(F)c(F)c(OCCOCCOCCOCCOCCCCCCCl)c(F)c3F)cc2)c2[nH]cnc2n1. The molecule has 2 aromatic heterocycles. The minimum absolute atomic E-state index is 0.0120. The second-order valence-electron chi connectivity index (χ2n) is 11.5. The monoisotopic (exact) mass is 786 g/mol. The summed E-state index contributed by atoms with van der Waals surface area (Å²) in [6, 6.07) is 6.93. The number of H-pyrrole nitrogens is 1. The Morgan fingerprint density at radius 3 is 1.89 bits per heavy atom. The lowest BCUT2D eigenvalue weighted by Crippen LogP contribution is -2.29. The van der Waals surface area contributed by atoms with Crippen molar-refractivity contribution in [2.45, 2.75) is 38.8 Å². The molecule has 0 fully saturated rings. The van der Waals surface area contributed by atoms with Gasteiger partial charge < -0.3 is 49.2 Å². The van der Waals surface area contributed by atoms with Crippen molar-refractivity contribution in [3.63, 3.8) is 0 Å². The summed E-state index contributed by atoms with van der Waals surface area (Å²) in [6.45, 7) is 1.37. The number of nitrogens with zero attached hydrogens (tertiary/aromatic N) is 3. The van der Waals surface area contributed by atoms with Crippen molar-refractivity contribution >= 4 is 34.6 Å². The number of hydrogen-bond acceptors (Lipinski definition) is 12. The zero-order valence-corrected chi connectivity index (χ0v) is 30.2. The predicted molar refractivity (Wildman–Crippen MR) is 188 cm³/mol. The predicted octanol–water partition coefficient (Wildman–Crippen LogP) is 5.01. The Labute approximate surface area is 313 Å². The van der Waals surface area contributed by atoms with Crippen molar-refractivity contribution in [1.29, 1.82) is 0 Å². The third kappa shape index (κ3) is 13.7. The lowest BCUT2D eigenvalue weighted by Gasteiger charge is -2.14. The van der Waals surface area contributed by atoms with Gasteiger partial charge in [-0.25, -0.2) is 4.98 Å². The Hall–Kier alpha value is -4.49. The summed E-state index contributed by atoms with van der Waals surface area (Å²) in [4.78, 5) is 27.3. The average molecular weight is 787 g/mol. The number of aromatic nitrogens is 4. The van der Waals surface area contributed by atoms with Crippen molar-refractivity contribution in [2.75, 3.05) is 77.7 Å². The summed E-state index contributed by atoms with van der Waals surface area (Å²) >= 11 is 5.64. The van der Waals surface area contributed by atoms with Gasteiger partial charge in [0.05, 0.1) is 52.6 Å². The molecular formula is C35H43ClF4N6O8. The first-order chi connectivity index (χ1) is 26.3. The van der Waals surface area contributed by atoms with Gasteiger partial charge in [-0.2, -0.15) is 27.5 Å². The molecule has 14 nitrogen and oxygen atoms in total. The van der Waals surface area contributed by atoms with E-state index in [2.05, 4.69) is 25.3 Å². The van der Waals surface area contributed by atoms with Gasteiger partial charge in [-0.15, -0.1) is 11.6 Å². The van der Waals surface area contributed by atoms with Gasteiger partial charge in [-0.05, 0) is 24.0 Å². The summed E-state index contributed by atoms with van der Waals surface area (Å²) in [5, 5.41) is 2.49. The van der Waals surface area contributed by atoms with E-state index in [0.29, 0.717) is 55.6 Å². The number of amides is 1. The van der Waals surface area contributed by atoms with E-state index in [1.165, 1.54) is 6.33 Å². The van der Waals surface area contributed by atoms with Crippen LogP contribution in [0.15, 0.2) is 30.6 Å². The Morgan fingerprint density at radius 2 is 1.26 bits per heavy atom. The number of imidazole rings is 1. The summed E-state index contributed by atoms with van der Waals surface area (Å²) < 4.78 is 95.3. The fourth-order valence-corrected chi connectivity index (χ4v) is 4.87. The number of hydrogen-bond donors (Lipinski definition) is 3. The van der Waals surface area contributed by atoms with E-state index >= 15 is 0 Å². The first-order valence-electron chi connectivity index (χ1n) is 17.2. The highest BCUT2D eigenvalue weighted by molar-refractivity contribution is 6.17. The van der Waals surface area contributed by atoms with Crippen LogP contribution in [-0.2, 0) is 36.9 Å². The summed E-state index contributed by atoms with van der Waals surface area (Å²) in [5.74, 6) is -9.88. The van der Waals surface area contributed by atoms with Gasteiger partial charge in [0.2, 0.25) is 35.1 Å². The molecule has 2 aromatic carbocycles. The number of halogens is 5. The smallest absolute Gasteiger partial charge is 0.258 e. The molecule has 2 heterocycles. The van der Waals surface area contributed by atoms with Crippen LogP contribution in [0.1, 0.15) is 36.8 Å². The number of ether oxygens (including phenoxy) is 7. The fraction of sp³-hybridized carbons (Fsp3) is 0.486. The second kappa shape index (κ2) is 23.3. The molecule has 54 heavy (non-hydrogen) atoms. The highest BCUT2D eigenvalue weighted by Crippen LogP contribution is 2.34. The normalized spacial score (nSPS) is 11.3. The third-order valence-corrected chi connectivity index (χ3v) is 7.72. The van der Waals surface area contributed by atoms with Crippen LogP contribution in [0.4, 0.5) is 23.5 Å². The number of nitrogens with one attached hydrogen (secondary N) is 2. The van der Waals surface area contributed by atoms with Crippen LogP contribution in [0.25, 0.3) is 11.2 Å². The first kappa shape index (κ1) is 42.3. The fourth-order valence-electron chi connectivity index (χ4n) is 4.68. The summed E-state index contributed by atoms with van der Waals surface area (Å²) in [5.41, 5.74) is 8.00. The molecule has 0 bridgehead atoms. The van der Waals surface area contributed by atoms with E-state index in [1.54, 1.807) is 24.3 Å². The molecule has 0 unspecified atom stereocenters. The Kier molecular flexibility index (Phi) is 18.3. The van der Waals surface area contributed by atoms with Crippen LogP contribution >= 0.6 is 11.6 Å². The maximum Gasteiger partial charge on any atom is 0.258 e. The van der Waals surface area contributed by atoms with Gasteiger partial charge in [0, 0.05) is 19.0 Å². The van der Waals surface area contributed by atoms with Crippen molar-refractivity contribution in [2.24, 2.45) is 0 Å². The Bertz CT molecular complexity index is 1710. The number of fused-ring (bicyclic) bond motifs is 1. The van der Waals surface area contributed by atoms with Crippen LogP contribution in [0, 0.1) is 23.3 Å². The van der Waals surface area contributed by atoms with Gasteiger partial charge in [0.15, 0.2) is 23.8 Å². The molecule has 4 rings (SSSR count). The standard InChI is InChI=1S/C35H43ClF4N6O8/c36-9-3-1-2-4-10-48-11-12-49-13-14-50-15-16-51-17-18-52-31-26(37)28(39)32(29(40)27(31)38)53-21-25(47)42-19-23-5-7-24(8-6-23)20-54-34-30-33(44-22-43-30)45-35(41)46-34/h5-8,22H,1-4,9-21H2,(H,42,47)(H3,41,43,44,45,46). The molecule has 1 amide bonds. The van der Waals surface area contributed by atoms with E-state index in [9.17, 15) is 22.4 Å². The van der Waals surface area contributed by atoms with E-state index in [1.807, 2.05) is 0 Å². The molecule has 0 saturated heterocycles. The van der Waals surface area contributed by atoms with E-state index in [-0.39, 0.29) is 44.8 Å². The molecule has 0 aliphatic rings. The topological polar surface area (TPSA) is 174 Å². The van der Waals surface area contributed by atoms with Gasteiger partial charge in [0.1, 0.15) is 18.7 Å². The molecule has 0 spiro atoms. The van der Waals surface area contributed by atoms with Gasteiger partial charge >= 0.3 is 0 Å². The summed E-state index contributed by atoms with van der Waals surface area (Å²) in [7, 11) is 0. The molecule has 0 saturated carbocycles. The van der Waals surface area contributed by atoms with Crippen LogP contribution < -0.4 is 25.3 Å². The number of nitrogens with two attached hydrogens (primary N) is 1. The zero-order valence-electron chi connectivity index (χ0n) is 29.5. The molecule has 0 atom stereocenters. The lowest BCUT2D eigenvalue weighted by atomic mass is 10.1. The number of carbonyl (C=O) groups is 1. The van der Waals surface area contributed by atoms with E-state index in [4.69, 9.17) is 50.5 Å². The second-order valence-corrected chi connectivity index (χ2v) is 11.9. The van der Waals surface area contributed by atoms with Crippen molar-refractivity contribution in [3.8, 4) is 17.4 Å². The largest absolute Gasteiger partial charge is 0.485 e. The quantitative estimate of drug-likeness (QED) is 0.0320. The average Bonchev–Trinajstić information content (AvgIpc) is 3.65. The molecule has 4 aromatic rings. The molecular weight excluding hydrogens is 744 g/mol. The highest BCUT2D eigenvalue weighted by Gasteiger charge is 2.28. The van der Waals surface area contributed by atoms with Gasteiger partial charge in [-0.3, -0.25) is 4.79 Å². The zero-order chi connectivity index (χ0) is 38.5. The lowest BCUT2D eigenvalue weighted by molar-refractivity contribution is -0.123. The molecule has 19 heteroatoms. The van der Waals surface area contributed by atoms with Crippen molar-refractivity contribution in [1.82, 2.24) is 25.3 Å². The summed E-state index contributed by atoms with van der Waals surface area (Å²) in [6.07, 6.45) is 5.64. The number of nitrogen functional groups attached to an aromatic ring is 1. The van der Waals surface area contributed by atoms with E-state index < -0.39 is 53.9 Å². The van der Waals surface area contributed by atoms with Gasteiger partial charge in [0.25, 0.3) is 5.91 Å². The number of alkyl halides is 1. The number of anilines is 1. The van der Waals surface area contributed by atoms with E-state index in [0.717, 1.165) is 31.2 Å². The first-order valence-corrected chi connectivity index (χ1v) is 17.7. The molecule has 296 valence electrons. The minimum atomic E-state index is -1.85. The van der Waals surface area contributed by atoms with Crippen LogP contribution in [-0.4, -0.2) is 97.8 Å². The number of unbranched alkanes of at least 4 members (excludes halogenated alkanes) is 3. The number of benzene rings is 2. The Morgan fingerprint density at radius 1 is 0.704 bits per heavy atom. The number of rotatable bonds is 27. The highest BCUT2D eigenvalue weighted by atomic mass is 35.5. The molecule has 0 aliphatic heterocycles. The number of carbonyl (C=O) groups excluding carboxylic acids is 1. The number of aromatic amines is 1. The third-order valence-electron chi connectivity index (χ3n) is 7.45. The Balaban J connectivity index is 1.07. The molecule has 0 radical (unpaired) electrons. The minimum Gasteiger partial charge on any atom is -0.485 e. The maximum atomic E-state index is 14.6. The van der Waals surface area contributed by atoms with Crippen molar-refractivity contribution in [3.05, 3.63) is 65.0 Å². The van der Waals surface area contributed by atoms with Crippen LogP contribution in [0.3, 0.4) is 0 Å².